The summed E-state index contributed by atoms with van der Waals surface area (Å²) in [6.07, 6.45) is 5.51. The SMILES string of the molecule is CC(C)c1ccc(S(=O)(=O)N2CCC(C(=O)Nc3ccc(-n4ccnc4)c(F)c3)CC2)cc1. The topological polar surface area (TPSA) is 84.3 Å². The van der Waals surface area contributed by atoms with Gasteiger partial charge in [-0.1, -0.05) is 26.0 Å². The molecule has 2 heterocycles. The van der Waals surface area contributed by atoms with Gasteiger partial charge in [0.15, 0.2) is 0 Å². The zero-order chi connectivity index (χ0) is 23.6. The largest absolute Gasteiger partial charge is 0.326 e. The first-order chi connectivity index (χ1) is 15.8. The first-order valence-corrected chi connectivity index (χ1v) is 12.4. The van der Waals surface area contributed by atoms with E-state index >= 15 is 0 Å². The Kier molecular flexibility index (Phi) is 6.62. The lowest BCUT2D eigenvalue weighted by molar-refractivity contribution is -0.120. The Balaban J connectivity index is 1.36. The van der Waals surface area contributed by atoms with Crippen LogP contribution in [-0.2, 0) is 14.8 Å². The number of hydrogen-bond donors (Lipinski definition) is 1. The second-order valence-electron chi connectivity index (χ2n) is 8.53. The molecule has 1 fully saturated rings. The quantitative estimate of drug-likeness (QED) is 0.586. The molecule has 1 aliphatic rings. The molecule has 1 saturated heterocycles. The van der Waals surface area contributed by atoms with Gasteiger partial charge in [0.05, 0.1) is 16.9 Å². The molecule has 1 aliphatic heterocycles. The molecule has 3 aromatic rings. The molecule has 0 bridgehead atoms. The minimum atomic E-state index is -3.60. The van der Waals surface area contributed by atoms with Gasteiger partial charge in [0.2, 0.25) is 15.9 Å². The number of imidazole rings is 1. The molecule has 9 heteroatoms. The van der Waals surface area contributed by atoms with E-state index in [2.05, 4.69) is 24.1 Å². The highest BCUT2D eigenvalue weighted by atomic mass is 32.2. The van der Waals surface area contributed by atoms with Gasteiger partial charge in [-0.25, -0.2) is 17.8 Å². The normalized spacial score (nSPS) is 15.6. The van der Waals surface area contributed by atoms with E-state index in [4.69, 9.17) is 0 Å². The van der Waals surface area contributed by atoms with Gasteiger partial charge in [-0.3, -0.25) is 4.79 Å². The Morgan fingerprint density at radius 2 is 1.82 bits per heavy atom. The maximum absolute atomic E-state index is 14.4. The fourth-order valence-corrected chi connectivity index (χ4v) is 5.44. The summed E-state index contributed by atoms with van der Waals surface area (Å²) in [5.41, 5.74) is 1.78. The van der Waals surface area contributed by atoms with Gasteiger partial charge in [-0.05, 0) is 54.7 Å². The van der Waals surface area contributed by atoms with E-state index in [0.717, 1.165) is 5.56 Å². The molecule has 0 unspecified atom stereocenters. The van der Waals surface area contributed by atoms with Gasteiger partial charge in [0, 0.05) is 37.1 Å². The first-order valence-electron chi connectivity index (χ1n) is 10.9. The summed E-state index contributed by atoms with van der Waals surface area (Å²) in [5.74, 6) is -0.721. The highest BCUT2D eigenvalue weighted by Crippen LogP contribution is 2.26. The van der Waals surface area contributed by atoms with Gasteiger partial charge in [-0.15, -0.1) is 0 Å². The average molecular weight is 471 g/mol. The van der Waals surface area contributed by atoms with E-state index in [1.165, 1.54) is 16.7 Å². The number of carbonyl (C=O) groups is 1. The Morgan fingerprint density at radius 1 is 1.12 bits per heavy atom. The van der Waals surface area contributed by atoms with Crippen molar-refractivity contribution in [3.63, 3.8) is 0 Å². The number of nitrogens with zero attached hydrogens (tertiary/aromatic N) is 3. The molecule has 0 atom stereocenters. The van der Waals surface area contributed by atoms with Gasteiger partial charge in [0.1, 0.15) is 5.82 Å². The fraction of sp³-hybridized carbons (Fsp3) is 0.333. The molecular formula is C24H27FN4O3S. The van der Waals surface area contributed by atoms with Crippen LogP contribution in [0.3, 0.4) is 0 Å². The van der Waals surface area contributed by atoms with Gasteiger partial charge < -0.3 is 9.88 Å². The molecule has 174 valence electrons. The smallest absolute Gasteiger partial charge is 0.243 e. The van der Waals surface area contributed by atoms with Crippen LogP contribution in [0.15, 0.2) is 66.1 Å². The Labute approximate surface area is 193 Å². The molecular weight excluding hydrogens is 443 g/mol. The Morgan fingerprint density at radius 3 is 2.39 bits per heavy atom. The minimum Gasteiger partial charge on any atom is -0.326 e. The Hall–Kier alpha value is -3.04. The van der Waals surface area contributed by atoms with E-state index in [1.54, 1.807) is 41.2 Å². The summed E-state index contributed by atoms with van der Waals surface area (Å²) in [6.45, 7) is 4.64. The van der Waals surface area contributed by atoms with Crippen molar-refractivity contribution in [3.05, 3.63) is 72.6 Å². The van der Waals surface area contributed by atoms with Crippen LogP contribution in [0, 0.1) is 11.7 Å². The molecule has 0 aliphatic carbocycles. The molecule has 1 aromatic heterocycles. The lowest BCUT2D eigenvalue weighted by Gasteiger charge is -2.30. The van der Waals surface area contributed by atoms with E-state index in [0.29, 0.717) is 30.1 Å². The highest BCUT2D eigenvalue weighted by molar-refractivity contribution is 7.89. The maximum atomic E-state index is 14.4. The summed E-state index contributed by atoms with van der Waals surface area (Å²) >= 11 is 0. The molecule has 2 aromatic carbocycles. The van der Waals surface area contributed by atoms with Crippen molar-refractivity contribution < 1.29 is 17.6 Å². The van der Waals surface area contributed by atoms with E-state index in [-0.39, 0.29) is 29.8 Å². The number of rotatable bonds is 6. The van der Waals surface area contributed by atoms with Crippen LogP contribution >= 0.6 is 0 Å². The van der Waals surface area contributed by atoms with Crippen molar-refractivity contribution in [2.45, 2.75) is 37.5 Å². The number of benzene rings is 2. The predicted octanol–water partition coefficient (Wildman–Crippen LogP) is 4.17. The number of nitrogens with one attached hydrogen (secondary N) is 1. The van der Waals surface area contributed by atoms with Gasteiger partial charge >= 0.3 is 0 Å². The fourth-order valence-electron chi connectivity index (χ4n) is 3.97. The summed E-state index contributed by atoms with van der Waals surface area (Å²) in [6, 6.07) is 11.5. The number of hydrogen-bond acceptors (Lipinski definition) is 4. The number of anilines is 1. The highest BCUT2D eigenvalue weighted by Gasteiger charge is 2.32. The monoisotopic (exact) mass is 470 g/mol. The van der Waals surface area contributed by atoms with Crippen molar-refractivity contribution in [3.8, 4) is 5.69 Å². The number of piperidine rings is 1. The molecule has 1 amide bonds. The van der Waals surface area contributed by atoms with Crippen LogP contribution in [0.1, 0.15) is 38.2 Å². The third-order valence-corrected chi connectivity index (χ3v) is 7.92. The van der Waals surface area contributed by atoms with Crippen LogP contribution in [0.2, 0.25) is 0 Å². The third kappa shape index (κ3) is 4.99. The van der Waals surface area contributed by atoms with Crippen LogP contribution in [-0.4, -0.2) is 41.3 Å². The van der Waals surface area contributed by atoms with Crippen LogP contribution in [0.4, 0.5) is 10.1 Å². The van der Waals surface area contributed by atoms with Gasteiger partial charge in [0.25, 0.3) is 0 Å². The van der Waals surface area contributed by atoms with E-state index in [9.17, 15) is 17.6 Å². The van der Waals surface area contributed by atoms with Crippen molar-refractivity contribution in [1.29, 1.82) is 0 Å². The second-order valence-corrected chi connectivity index (χ2v) is 10.5. The maximum Gasteiger partial charge on any atom is 0.243 e. The number of carbonyl (C=O) groups excluding carboxylic acids is 1. The van der Waals surface area contributed by atoms with Crippen LogP contribution in [0.5, 0.6) is 0 Å². The van der Waals surface area contributed by atoms with Crippen molar-refractivity contribution >= 4 is 21.6 Å². The zero-order valence-electron chi connectivity index (χ0n) is 18.6. The van der Waals surface area contributed by atoms with Crippen LogP contribution < -0.4 is 5.32 Å². The van der Waals surface area contributed by atoms with Crippen molar-refractivity contribution in [2.75, 3.05) is 18.4 Å². The second kappa shape index (κ2) is 9.44. The minimum absolute atomic E-state index is 0.233. The predicted molar refractivity (Wildman–Crippen MR) is 124 cm³/mol. The number of aromatic nitrogens is 2. The molecule has 7 nitrogen and oxygen atoms in total. The van der Waals surface area contributed by atoms with Crippen LogP contribution in [0.25, 0.3) is 5.69 Å². The average Bonchev–Trinajstić information content (AvgIpc) is 3.34. The zero-order valence-corrected chi connectivity index (χ0v) is 19.4. The lowest BCUT2D eigenvalue weighted by Crippen LogP contribution is -2.41. The summed E-state index contributed by atoms with van der Waals surface area (Å²) in [4.78, 5) is 16.9. The number of amides is 1. The molecule has 0 spiro atoms. The van der Waals surface area contributed by atoms with E-state index in [1.807, 2.05) is 12.1 Å². The summed E-state index contributed by atoms with van der Waals surface area (Å²) in [7, 11) is -3.60. The standard InChI is InChI=1S/C24H27FN4O3S/c1-17(2)18-3-6-21(7-4-18)33(31,32)29-12-9-19(10-13-29)24(30)27-20-5-8-23(22(25)15-20)28-14-11-26-16-28/h3-8,11,14-17,19H,9-10,12-13H2,1-2H3,(H,27,30). The van der Waals surface area contributed by atoms with E-state index < -0.39 is 15.8 Å². The molecule has 33 heavy (non-hydrogen) atoms. The molecule has 0 radical (unpaired) electrons. The third-order valence-electron chi connectivity index (χ3n) is 6.01. The van der Waals surface area contributed by atoms with Crippen molar-refractivity contribution in [2.24, 2.45) is 5.92 Å². The summed E-state index contributed by atoms with van der Waals surface area (Å²) < 4.78 is 43.4. The Bertz CT molecular complexity index is 1220. The lowest BCUT2D eigenvalue weighted by atomic mass is 9.97. The first kappa shape index (κ1) is 23.1. The molecule has 0 saturated carbocycles. The van der Waals surface area contributed by atoms with Gasteiger partial charge in [-0.2, -0.15) is 4.31 Å². The molecule has 4 rings (SSSR count). The number of sulfonamides is 1. The van der Waals surface area contributed by atoms with Crippen molar-refractivity contribution in [1.82, 2.24) is 13.9 Å². The summed E-state index contributed by atoms with van der Waals surface area (Å²) in [5, 5.41) is 2.76. The molecule has 1 N–H and O–H groups in total. The number of halogens is 1.